The van der Waals surface area contributed by atoms with Crippen LogP contribution in [0.15, 0.2) is 30.6 Å². The molecule has 1 N–H and O–H groups in total. The van der Waals surface area contributed by atoms with Crippen molar-refractivity contribution in [2.75, 3.05) is 20.3 Å². The van der Waals surface area contributed by atoms with Crippen LogP contribution >= 0.6 is 0 Å². The molecule has 3 atom stereocenters. The van der Waals surface area contributed by atoms with Crippen molar-refractivity contribution in [2.45, 2.75) is 45.9 Å². The van der Waals surface area contributed by atoms with Crippen molar-refractivity contribution >= 4 is 0 Å². The summed E-state index contributed by atoms with van der Waals surface area (Å²) in [7, 11) is 1.73. The lowest BCUT2D eigenvalue weighted by Gasteiger charge is -2.23. The van der Waals surface area contributed by atoms with Crippen molar-refractivity contribution in [1.29, 1.82) is 0 Å². The molecule has 25 heavy (non-hydrogen) atoms. The van der Waals surface area contributed by atoms with E-state index in [0.29, 0.717) is 5.92 Å². The molecule has 1 fully saturated rings. The maximum absolute atomic E-state index is 6.01. The van der Waals surface area contributed by atoms with Gasteiger partial charge in [0.05, 0.1) is 7.11 Å². The number of rotatable bonds is 7. The molecule has 2 heterocycles. The summed E-state index contributed by atoms with van der Waals surface area (Å²) in [5.41, 5.74) is 2.45. The minimum atomic E-state index is 0.0778. The quantitative estimate of drug-likeness (QED) is 0.834. The van der Waals surface area contributed by atoms with Crippen molar-refractivity contribution in [2.24, 2.45) is 5.92 Å². The van der Waals surface area contributed by atoms with Crippen molar-refractivity contribution in [3.63, 3.8) is 0 Å². The monoisotopic (exact) mass is 343 g/mol. The fourth-order valence-corrected chi connectivity index (χ4v) is 3.60. The number of aryl methyl sites for hydroxylation is 2. The van der Waals surface area contributed by atoms with Crippen molar-refractivity contribution in [3.05, 3.63) is 47.5 Å². The van der Waals surface area contributed by atoms with Crippen LogP contribution in [0.2, 0.25) is 0 Å². The fraction of sp³-hybridized carbons (Fsp3) is 0.550. The zero-order valence-corrected chi connectivity index (χ0v) is 15.7. The molecule has 1 aromatic heterocycles. The maximum atomic E-state index is 6.01. The molecule has 1 aliphatic heterocycles. The number of benzene rings is 1. The van der Waals surface area contributed by atoms with Crippen LogP contribution in [-0.2, 0) is 11.3 Å². The zero-order chi connectivity index (χ0) is 17.8. The predicted octanol–water partition coefficient (Wildman–Crippen LogP) is 3.65. The number of imidazole rings is 1. The summed E-state index contributed by atoms with van der Waals surface area (Å²) in [4.78, 5) is 4.53. The fourth-order valence-electron chi connectivity index (χ4n) is 3.60. The van der Waals surface area contributed by atoms with E-state index in [1.165, 1.54) is 11.1 Å². The molecule has 5 heteroatoms. The van der Waals surface area contributed by atoms with Crippen LogP contribution in [0.1, 0.15) is 49.4 Å². The summed E-state index contributed by atoms with van der Waals surface area (Å²) in [5.74, 6) is 2.42. The molecule has 0 amide bonds. The highest BCUT2D eigenvalue weighted by molar-refractivity contribution is 5.38. The summed E-state index contributed by atoms with van der Waals surface area (Å²) in [6.45, 7) is 9.07. The van der Waals surface area contributed by atoms with Crippen LogP contribution in [0.3, 0.4) is 0 Å². The van der Waals surface area contributed by atoms with Crippen LogP contribution in [0.5, 0.6) is 5.75 Å². The SMILES string of the molecule is CCn1ccnc1[C@@H]1OCC[C@H]1CNC(C)c1cc(C)ccc1OC. The third kappa shape index (κ3) is 3.88. The Morgan fingerprint density at radius 1 is 1.44 bits per heavy atom. The van der Waals surface area contributed by atoms with Gasteiger partial charge in [-0.1, -0.05) is 17.7 Å². The Kier molecular flexibility index (Phi) is 5.76. The largest absolute Gasteiger partial charge is 0.496 e. The average molecular weight is 343 g/mol. The van der Waals surface area contributed by atoms with Crippen LogP contribution in [0.4, 0.5) is 0 Å². The molecule has 2 aromatic rings. The molecule has 3 rings (SSSR count). The maximum Gasteiger partial charge on any atom is 0.138 e. The van der Waals surface area contributed by atoms with Crippen LogP contribution in [-0.4, -0.2) is 29.8 Å². The molecule has 5 nitrogen and oxygen atoms in total. The number of aromatic nitrogens is 2. The van der Waals surface area contributed by atoms with Crippen LogP contribution in [0, 0.1) is 12.8 Å². The molecule has 1 saturated heterocycles. The Labute approximate surface area is 150 Å². The smallest absolute Gasteiger partial charge is 0.138 e. The molecule has 0 bridgehead atoms. The van der Waals surface area contributed by atoms with Gasteiger partial charge in [0.25, 0.3) is 0 Å². The van der Waals surface area contributed by atoms with Crippen molar-refractivity contribution < 1.29 is 9.47 Å². The summed E-state index contributed by atoms with van der Waals surface area (Å²) in [6, 6.07) is 6.55. The summed E-state index contributed by atoms with van der Waals surface area (Å²) in [5, 5.41) is 3.68. The molecular weight excluding hydrogens is 314 g/mol. The molecule has 1 aliphatic rings. The second-order valence-electron chi connectivity index (χ2n) is 6.79. The number of hydrogen-bond acceptors (Lipinski definition) is 4. The van der Waals surface area contributed by atoms with E-state index >= 15 is 0 Å². The Bertz CT molecular complexity index is 698. The van der Waals surface area contributed by atoms with E-state index in [0.717, 1.165) is 37.7 Å². The van der Waals surface area contributed by atoms with Gasteiger partial charge in [-0.05, 0) is 33.3 Å². The lowest BCUT2D eigenvalue weighted by atomic mass is 9.99. The van der Waals surface area contributed by atoms with Gasteiger partial charge in [0.15, 0.2) is 0 Å². The third-order valence-electron chi connectivity index (χ3n) is 5.09. The first-order chi connectivity index (χ1) is 12.1. The Balaban J connectivity index is 1.67. The highest BCUT2D eigenvalue weighted by Gasteiger charge is 2.32. The van der Waals surface area contributed by atoms with Gasteiger partial charge in [0, 0.05) is 49.6 Å². The van der Waals surface area contributed by atoms with E-state index in [2.05, 4.69) is 47.8 Å². The van der Waals surface area contributed by atoms with Gasteiger partial charge < -0.3 is 19.4 Å². The van der Waals surface area contributed by atoms with Gasteiger partial charge in [-0.3, -0.25) is 0 Å². The van der Waals surface area contributed by atoms with E-state index in [-0.39, 0.29) is 12.1 Å². The Hall–Kier alpha value is -1.85. The highest BCUT2D eigenvalue weighted by Crippen LogP contribution is 2.34. The Morgan fingerprint density at radius 3 is 3.04 bits per heavy atom. The lowest BCUT2D eigenvalue weighted by Crippen LogP contribution is -2.28. The number of ether oxygens (including phenoxy) is 2. The average Bonchev–Trinajstić information content (AvgIpc) is 3.27. The molecule has 136 valence electrons. The molecular formula is C20H29N3O2. The zero-order valence-electron chi connectivity index (χ0n) is 15.7. The molecule has 0 spiro atoms. The minimum absolute atomic E-state index is 0.0778. The molecule has 0 radical (unpaired) electrons. The first kappa shape index (κ1) is 18.0. The van der Waals surface area contributed by atoms with E-state index < -0.39 is 0 Å². The number of nitrogens with zero attached hydrogens (tertiary/aromatic N) is 2. The van der Waals surface area contributed by atoms with E-state index in [1.807, 2.05) is 18.5 Å². The topological polar surface area (TPSA) is 48.3 Å². The summed E-state index contributed by atoms with van der Waals surface area (Å²) < 4.78 is 13.7. The number of nitrogens with one attached hydrogen (secondary N) is 1. The van der Waals surface area contributed by atoms with Crippen molar-refractivity contribution in [3.8, 4) is 5.75 Å². The first-order valence-electron chi connectivity index (χ1n) is 9.14. The summed E-state index contributed by atoms with van der Waals surface area (Å²) >= 11 is 0. The van der Waals surface area contributed by atoms with E-state index in [4.69, 9.17) is 9.47 Å². The minimum Gasteiger partial charge on any atom is -0.496 e. The van der Waals surface area contributed by atoms with Gasteiger partial charge >= 0.3 is 0 Å². The number of hydrogen-bond donors (Lipinski definition) is 1. The molecule has 1 unspecified atom stereocenters. The van der Waals surface area contributed by atoms with Crippen LogP contribution < -0.4 is 10.1 Å². The molecule has 0 saturated carbocycles. The van der Waals surface area contributed by atoms with E-state index in [9.17, 15) is 0 Å². The van der Waals surface area contributed by atoms with Gasteiger partial charge in [-0.25, -0.2) is 4.98 Å². The second-order valence-corrected chi connectivity index (χ2v) is 6.79. The second kappa shape index (κ2) is 8.02. The normalized spacial score (nSPS) is 21.4. The van der Waals surface area contributed by atoms with Gasteiger partial charge in [0.1, 0.15) is 17.7 Å². The van der Waals surface area contributed by atoms with Gasteiger partial charge in [-0.15, -0.1) is 0 Å². The Morgan fingerprint density at radius 2 is 2.28 bits per heavy atom. The standard InChI is InChI=1S/C20H29N3O2/c1-5-23-10-9-21-20(23)19-16(8-11-25-19)13-22-15(3)17-12-14(2)6-7-18(17)24-4/h6-7,9-10,12,15-16,19,22H,5,8,11,13H2,1-4H3/t15?,16-,19+/m0/s1. The molecule has 1 aromatic carbocycles. The number of methoxy groups -OCH3 is 1. The van der Waals surface area contributed by atoms with Gasteiger partial charge in [-0.2, -0.15) is 0 Å². The van der Waals surface area contributed by atoms with Gasteiger partial charge in [0.2, 0.25) is 0 Å². The van der Waals surface area contributed by atoms with Crippen LogP contribution in [0.25, 0.3) is 0 Å². The van der Waals surface area contributed by atoms with E-state index in [1.54, 1.807) is 7.11 Å². The summed E-state index contributed by atoms with van der Waals surface area (Å²) in [6.07, 6.45) is 5.04. The van der Waals surface area contributed by atoms with Crippen molar-refractivity contribution in [1.82, 2.24) is 14.9 Å². The third-order valence-corrected chi connectivity index (χ3v) is 5.09. The molecule has 0 aliphatic carbocycles. The lowest BCUT2D eigenvalue weighted by molar-refractivity contribution is 0.0799. The first-order valence-corrected chi connectivity index (χ1v) is 9.14. The predicted molar refractivity (Wildman–Crippen MR) is 98.8 cm³/mol. The highest BCUT2D eigenvalue weighted by atomic mass is 16.5.